The van der Waals surface area contributed by atoms with Gasteiger partial charge < -0.3 is 11.5 Å². The molecule has 0 atom stereocenters. The molecule has 0 aliphatic carbocycles. The number of hydrogen-bond donors (Lipinski definition) is 2. The Morgan fingerprint density at radius 2 is 1.78 bits per heavy atom. The van der Waals surface area contributed by atoms with Gasteiger partial charge in [-0.15, -0.1) is 0 Å². The Morgan fingerprint density at radius 3 is 1.78 bits per heavy atom. The second kappa shape index (κ2) is 3.38. The largest absolute Gasteiger partial charge is 0.386 e. The molecule has 0 rings (SSSR count). The Labute approximate surface area is 56.9 Å². The quantitative estimate of drug-likeness (QED) is 0.586. The first-order valence-electron chi connectivity index (χ1n) is 3.33. The summed E-state index contributed by atoms with van der Waals surface area (Å²) < 4.78 is 0. The van der Waals surface area contributed by atoms with Crippen molar-refractivity contribution in [3.63, 3.8) is 0 Å². The summed E-state index contributed by atoms with van der Waals surface area (Å²) >= 11 is 0. The van der Waals surface area contributed by atoms with Gasteiger partial charge >= 0.3 is 0 Å². The van der Waals surface area contributed by atoms with E-state index in [9.17, 15) is 0 Å². The van der Waals surface area contributed by atoms with Crippen LogP contribution < -0.4 is 11.5 Å². The average Bonchev–Trinajstić information content (AvgIpc) is 1.64. The number of hydrogen-bond acceptors (Lipinski definition) is 2. The average molecular weight is 128 g/mol. The summed E-state index contributed by atoms with van der Waals surface area (Å²) in [7, 11) is 0. The maximum absolute atomic E-state index is 5.41. The zero-order valence-corrected chi connectivity index (χ0v) is 6.44. The standard InChI is InChI=1S/C7H16N2/c1-4-6(5(2)3)7(8)9/h5H,4,8-9H2,1-3H3. The van der Waals surface area contributed by atoms with Crippen molar-refractivity contribution in [2.24, 2.45) is 17.4 Å². The summed E-state index contributed by atoms with van der Waals surface area (Å²) in [6, 6.07) is 0. The Kier molecular flexibility index (Phi) is 3.13. The molecule has 0 aromatic carbocycles. The summed E-state index contributed by atoms with van der Waals surface area (Å²) in [5.41, 5.74) is 12.0. The van der Waals surface area contributed by atoms with Gasteiger partial charge in [-0.1, -0.05) is 20.8 Å². The highest BCUT2D eigenvalue weighted by molar-refractivity contribution is 5.09. The van der Waals surface area contributed by atoms with E-state index in [0.717, 1.165) is 12.0 Å². The lowest BCUT2D eigenvalue weighted by atomic mass is 10.0. The van der Waals surface area contributed by atoms with Gasteiger partial charge in [-0.05, 0) is 17.9 Å². The van der Waals surface area contributed by atoms with E-state index in [0.29, 0.717) is 11.7 Å². The van der Waals surface area contributed by atoms with E-state index in [-0.39, 0.29) is 0 Å². The summed E-state index contributed by atoms with van der Waals surface area (Å²) in [6.07, 6.45) is 0.958. The molecule has 0 unspecified atom stereocenters. The van der Waals surface area contributed by atoms with Crippen molar-refractivity contribution in [1.82, 2.24) is 0 Å². The van der Waals surface area contributed by atoms with Gasteiger partial charge in [-0.2, -0.15) is 0 Å². The molecule has 0 heterocycles. The van der Waals surface area contributed by atoms with Crippen molar-refractivity contribution in [1.29, 1.82) is 0 Å². The first-order valence-corrected chi connectivity index (χ1v) is 3.33. The van der Waals surface area contributed by atoms with Gasteiger partial charge in [0.2, 0.25) is 0 Å². The van der Waals surface area contributed by atoms with Crippen LogP contribution in [0.25, 0.3) is 0 Å². The van der Waals surface area contributed by atoms with Gasteiger partial charge in [0.05, 0.1) is 5.82 Å². The lowest BCUT2D eigenvalue weighted by Gasteiger charge is -2.09. The van der Waals surface area contributed by atoms with E-state index in [1.807, 2.05) is 0 Å². The predicted octanol–water partition coefficient (Wildman–Crippen LogP) is 1.18. The first kappa shape index (κ1) is 8.34. The Hall–Kier alpha value is -0.660. The smallest absolute Gasteiger partial charge is 0.0927 e. The molecule has 0 spiro atoms. The van der Waals surface area contributed by atoms with Crippen molar-refractivity contribution in [2.45, 2.75) is 27.2 Å². The van der Waals surface area contributed by atoms with Crippen LogP contribution >= 0.6 is 0 Å². The number of nitrogens with two attached hydrogens (primary N) is 2. The van der Waals surface area contributed by atoms with E-state index in [4.69, 9.17) is 11.5 Å². The fraction of sp³-hybridized carbons (Fsp3) is 0.714. The molecule has 0 aromatic heterocycles. The highest BCUT2D eigenvalue weighted by Crippen LogP contribution is 2.12. The molecule has 0 aliphatic heterocycles. The molecule has 0 saturated carbocycles. The molecule has 0 bridgehead atoms. The molecular weight excluding hydrogens is 112 g/mol. The van der Waals surface area contributed by atoms with Crippen LogP contribution in [-0.4, -0.2) is 0 Å². The van der Waals surface area contributed by atoms with Gasteiger partial charge in [0.1, 0.15) is 0 Å². The summed E-state index contributed by atoms with van der Waals surface area (Å²) in [5, 5.41) is 0. The van der Waals surface area contributed by atoms with Gasteiger partial charge in [0.15, 0.2) is 0 Å². The van der Waals surface area contributed by atoms with Crippen molar-refractivity contribution in [2.75, 3.05) is 0 Å². The lowest BCUT2D eigenvalue weighted by molar-refractivity contribution is 0.714. The fourth-order valence-electron chi connectivity index (χ4n) is 0.946. The lowest BCUT2D eigenvalue weighted by Crippen LogP contribution is -2.14. The molecule has 4 N–H and O–H groups in total. The van der Waals surface area contributed by atoms with Crippen LogP contribution in [0.4, 0.5) is 0 Å². The SMILES string of the molecule is CCC(=C(N)N)C(C)C. The van der Waals surface area contributed by atoms with E-state index >= 15 is 0 Å². The predicted molar refractivity (Wildman–Crippen MR) is 40.5 cm³/mol. The minimum atomic E-state index is 0.486. The van der Waals surface area contributed by atoms with E-state index in [1.54, 1.807) is 0 Å². The van der Waals surface area contributed by atoms with Crippen LogP contribution in [-0.2, 0) is 0 Å². The van der Waals surface area contributed by atoms with Crippen molar-refractivity contribution < 1.29 is 0 Å². The van der Waals surface area contributed by atoms with Crippen molar-refractivity contribution in [3.8, 4) is 0 Å². The molecule has 0 fully saturated rings. The van der Waals surface area contributed by atoms with Crippen LogP contribution in [0.1, 0.15) is 27.2 Å². The molecular formula is C7H16N2. The van der Waals surface area contributed by atoms with Crippen LogP contribution in [0, 0.1) is 5.92 Å². The molecule has 0 aliphatic rings. The maximum atomic E-state index is 5.41. The Balaban J connectivity index is 4.16. The molecule has 9 heavy (non-hydrogen) atoms. The van der Waals surface area contributed by atoms with Gasteiger partial charge in [0.25, 0.3) is 0 Å². The van der Waals surface area contributed by atoms with Crippen molar-refractivity contribution in [3.05, 3.63) is 11.4 Å². The molecule has 2 nitrogen and oxygen atoms in total. The molecule has 54 valence electrons. The second-order valence-corrected chi connectivity index (χ2v) is 2.49. The van der Waals surface area contributed by atoms with Gasteiger partial charge in [-0.3, -0.25) is 0 Å². The molecule has 2 heteroatoms. The van der Waals surface area contributed by atoms with Crippen molar-refractivity contribution >= 4 is 0 Å². The van der Waals surface area contributed by atoms with Crippen LogP contribution in [0.5, 0.6) is 0 Å². The zero-order valence-electron chi connectivity index (χ0n) is 6.44. The Morgan fingerprint density at radius 1 is 1.33 bits per heavy atom. The molecule has 0 radical (unpaired) electrons. The molecule has 0 saturated heterocycles. The minimum absolute atomic E-state index is 0.486. The van der Waals surface area contributed by atoms with E-state index in [2.05, 4.69) is 20.8 Å². The topological polar surface area (TPSA) is 52.0 Å². The fourth-order valence-corrected chi connectivity index (χ4v) is 0.946. The van der Waals surface area contributed by atoms with Crippen LogP contribution in [0.15, 0.2) is 11.4 Å². The monoisotopic (exact) mass is 128 g/mol. The number of allylic oxidation sites excluding steroid dienone is 1. The third-order valence-corrected chi connectivity index (χ3v) is 1.45. The molecule has 0 amide bonds. The summed E-state index contributed by atoms with van der Waals surface area (Å²) in [5.74, 6) is 0.979. The normalized spacial score (nSPS) is 9.78. The highest BCUT2D eigenvalue weighted by Gasteiger charge is 2.02. The number of rotatable bonds is 2. The minimum Gasteiger partial charge on any atom is -0.386 e. The van der Waals surface area contributed by atoms with Crippen LogP contribution in [0.2, 0.25) is 0 Å². The first-order chi connectivity index (χ1) is 4.09. The third-order valence-electron chi connectivity index (χ3n) is 1.45. The highest BCUT2D eigenvalue weighted by atomic mass is 14.8. The third kappa shape index (κ3) is 2.40. The summed E-state index contributed by atoms with van der Waals surface area (Å²) in [6.45, 7) is 6.26. The van der Waals surface area contributed by atoms with Gasteiger partial charge in [0, 0.05) is 0 Å². The zero-order chi connectivity index (χ0) is 7.44. The summed E-state index contributed by atoms with van der Waals surface area (Å²) in [4.78, 5) is 0. The van der Waals surface area contributed by atoms with Crippen LogP contribution in [0.3, 0.4) is 0 Å². The Bertz CT molecular complexity index is 110. The van der Waals surface area contributed by atoms with E-state index in [1.165, 1.54) is 0 Å². The molecule has 0 aromatic rings. The van der Waals surface area contributed by atoms with E-state index < -0.39 is 0 Å². The van der Waals surface area contributed by atoms with Gasteiger partial charge in [-0.25, -0.2) is 0 Å². The maximum Gasteiger partial charge on any atom is 0.0927 e. The second-order valence-electron chi connectivity index (χ2n) is 2.49.